The summed E-state index contributed by atoms with van der Waals surface area (Å²) < 4.78 is 2.51. The molecule has 5 heteroatoms. The van der Waals surface area contributed by atoms with E-state index in [1.807, 2.05) is 42.5 Å². The van der Waals surface area contributed by atoms with Crippen molar-refractivity contribution in [3.8, 4) is 17.1 Å². The quantitative estimate of drug-likeness (QED) is 0.413. The lowest BCUT2D eigenvalue weighted by Gasteiger charge is -2.15. The largest absolute Gasteiger partial charge is 0.268 e. The van der Waals surface area contributed by atoms with Gasteiger partial charge in [-0.25, -0.2) is 4.98 Å². The molecule has 2 aromatic heterocycles. The van der Waals surface area contributed by atoms with Gasteiger partial charge < -0.3 is 0 Å². The van der Waals surface area contributed by atoms with E-state index >= 15 is 0 Å². The Morgan fingerprint density at radius 1 is 1.07 bits per heavy atom. The number of aromatic nitrogens is 3. The van der Waals surface area contributed by atoms with Crippen LogP contribution in [0.3, 0.4) is 0 Å². The first-order chi connectivity index (χ1) is 13.6. The SMILES string of the molecule is CCC(C)c1ccc(-n2c(-c3cncc(Br)c3)nc3ccccc3c2=O)cc1. The lowest BCUT2D eigenvalue weighted by Crippen LogP contribution is -2.22. The number of halogens is 1. The van der Waals surface area contributed by atoms with E-state index in [2.05, 4.69) is 46.9 Å². The first-order valence-electron chi connectivity index (χ1n) is 9.31. The van der Waals surface area contributed by atoms with Gasteiger partial charge >= 0.3 is 0 Å². The Kier molecular flexibility index (Phi) is 5.09. The minimum atomic E-state index is -0.0862. The van der Waals surface area contributed by atoms with E-state index in [0.29, 0.717) is 22.6 Å². The van der Waals surface area contributed by atoms with E-state index in [1.54, 1.807) is 17.0 Å². The third kappa shape index (κ3) is 3.38. The number of fused-ring (bicyclic) bond motifs is 1. The van der Waals surface area contributed by atoms with Gasteiger partial charge in [-0.05, 0) is 64.2 Å². The maximum atomic E-state index is 13.4. The number of nitrogens with zero attached hydrogens (tertiary/aromatic N) is 3. The Hall–Kier alpha value is -2.79. The molecule has 0 radical (unpaired) electrons. The average Bonchev–Trinajstić information content (AvgIpc) is 2.73. The molecule has 0 aliphatic rings. The summed E-state index contributed by atoms with van der Waals surface area (Å²) >= 11 is 3.46. The maximum absolute atomic E-state index is 13.4. The van der Waals surface area contributed by atoms with Crippen LogP contribution >= 0.6 is 15.9 Å². The van der Waals surface area contributed by atoms with Gasteiger partial charge in [0.15, 0.2) is 0 Å². The van der Waals surface area contributed by atoms with Crippen LogP contribution in [0.15, 0.2) is 76.3 Å². The van der Waals surface area contributed by atoms with Crippen molar-refractivity contribution in [2.75, 3.05) is 0 Å². The minimum absolute atomic E-state index is 0.0862. The van der Waals surface area contributed by atoms with Crippen molar-refractivity contribution in [1.82, 2.24) is 14.5 Å². The lowest BCUT2D eigenvalue weighted by atomic mass is 9.98. The van der Waals surface area contributed by atoms with Crippen LogP contribution in [-0.2, 0) is 0 Å². The fourth-order valence-corrected chi connectivity index (χ4v) is 3.65. The Morgan fingerprint density at radius 2 is 1.82 bits per heavy atom. The van der Waals surface area contributed by atoms with Gasteiger partial charge in [0.25, 0.3) is 5.56 Å². The molecule has 4 aromatic rings. The normalized spacial score (nSPS) is 12.2. The molecule has 0 amide bonds. The van der Waals surface area contributed by atoms with E-state index in [-0.39, 0.29) is 5.56 Å². The van der Waals surface area contributed by atoms with Crippen LogP contribution < -0.4 is 5.56 Å². The zero-order valence-corrected chi connectivity index (χ0v) is 17.3. The topological polar surface area (TPSA) is 47.8 Å². The van der Waals surface area contributed by atoms with E-state index in [0.717, 1.165) is 22.1 Å². The third-order valence-corrected chi connectivity index (χ3v) is 5.51. The van der Waals surface area contributed by atoms with Gasteiger partial charge in [-0.2, -0.15) is 0 Å². The van der Waals surface area contributed by atoms with Crippen molar-refractivity contribution >= 4 is 26.8 Å². The van der Waals surface area contributed by atoms with Crippen LogP contribution in [0, 0.1) is 0 Å². The molecule has 1 unspecified atom stereocenters. The monoisotopic (exact) mass is 433 g/mol. The highest BCUT2D eigenvalue weighted by Gasteiger charge is 2.15. The summed E-state index contributed by atoms with van der Waals surface area (Å²) in [4.78, 5) is 22.4. The minimum Gasteiger partial charge on any atom is -0.268 e. The van der Waals surface area contributed by atoms with E-state index in [1.165, 1.54) is 5.56 Å². The van der Waals surface area contributed by atoms with Crippen molar-refractivity contribution in [2.45, 2.75) is 26.2 Å². The van der Waals surface area contributed by atoms with Crippen LogP contribution in [-0.4, -0.2) is 14.5 Å². The summed E-state index contributed by atoms with van der Waals surface area (Å²) in [5.41, 5.74) is 3.43. The van der Waals surface area contributed by atoms with Gasteiger partial charge in [-0.3, -0.25) is 14.3 Å². The molecule has 0 aliphatic carbocycles. The van der Waals surface area contributed by atoms with Crippen molar-refractivity contribution < 1.29 is 0 Å². The molecule has 2 heterocycles. The molecule has 28 heavy (non-hydrogen) atoms. The van der Waals surface area contributed by atoms with Gasteiger partial charge in [-0.1, -0.05) is 38.1 Å². The van der Waals surface area contributed by atoms with Crippen molar-refractivity contribution in [2.24, 2.45) is 0 Å². The Bertz CT molecular complexity index is 1200. The predicted octanol–water partition coefficient (Wildman–Crippen LogP) is 5.72. The highest BCUT2D eigenvalue weighted by molar-refractivity contribution is 9.10. The number of pyridine rings is 1. The van der Waals surface area contributed by atoms with Gasteiger partial charge in [0.2, 0.25) is 0 Å². The number of para-hydroxylation sites is 1. The van der Waals surface area contributed by atoms with Crippen molar-refractivity contribution in [1.29, 1.82) is 0 Å². The second kappa shape index (κ2) is 7.68. The molecule has 0 saturated carbocycles. The number of hydrogen-bond acceptors (Lipinski definition) is 3. The van der Waals surface area contributed by atoms with E-state index in [9.17, 15) is 4.79 Å². The van der Waals surface area contributed by atoms with Crippen LogP contribution in [0.1, 0.15) is 31.7 Å². The van der Waals surface area contributed by atoms with Crippen LogP contribution in [0.4, 0.5) is 0 Å². The molecular weight excluding hydrogens is 414 g/mol. The number of benzene rings is 2. The van der Waals surface area contributed by atoms with E-state index in [4.69, 9.17) is 4.98 Å². The average molecular weight is 434 g/mol. The van der Waals surface area contributed by atoms with Crippen molar-refractivity contribution in [3.63, 3.8) is 0 Å². The maximum Gasteiger partial charge on any atom is 0.266 e. The zero-order chi connectivity index (χ0) is 19.7. The molecule has 0 N–H and O–H groups in total. The highest BCUT2D eigenvalue weighted by atomic mass is 79.9. The molecule has 0 bridgehead atoms. The first kappa shape index (κ1) is 18.6. The van der Waals surface area contributed by atoms with Gasteiger partial charge in [0.1, 0.15) is 5.82 Å². The fraction of sp³-hybridized carbons (Fsp3) is 0.174. The highest BCUT2D eigenvalue weighted by Crippen LogP contribution is 2.25. The predicted molar refractivity (Wildman–Crippen MR) is 117 cm³/mol. The number of rotatable bonds is 4. The molecule has 4 nitrogen and oxygen atoms in total. The lowest BCUT2D eigenvalue weighted by molar-refractivity contribution is 0.733. The smallest absolute Gasteiger partial charge is 0.266 e. The molecule has 1 atom stereocenters. The van der Waals surface area contributed by atoms with Gasteiger partial charge in [0.05, 0.1) is 16.6 Å². The molecular formula is C23H20BrN3O. The van der Waals surface area contributed by atoms with Gasteiger partial charge in [0, 0.05) is 22.4 Å². The fourth-order valence-electron chi connectivity index (χ4n) is 3.29. The second-order valence-electron chi connectivity index (χ2n) is 6.89. The number of hydrogen-bond donors (Lipinski definition) is 0. The second-order valence-corrected chi connectivity index (χ2v) is 7.80. The van der Waals surface area contributed by atoms with Crippen LogP contribution in [0.2, 0.25) is 0 Å². The summed E-state index contributed by atoms with van der Waals surface area (Å²) in [6, 6.07) is 17.5. The van der Waals surface area contributed by atoms with E-state index < -0.39 is 0 Å². The van der Waals surface area contributed by atoms with Crippen molar-refractivity contribution in [3.05, 3.63) is 87.4 Å². The van der Waals surface area contributed by atoms with Crippen LogP contribution in [0.5, 0.6) is 0 Å². The third-order valence-electron chi connectivity index (χ3n) is 5.07. The first-order valence-corrected chi connectivity index (χ1v) is 10.1. The molecule has 0 fully saturated rings. The Labute approximate surface area is 172 Å². The van der Waals surface area contributed by atoms with Crippen LogP contribution in [0.25, 0.3) is 28.0 Å². The summed E-state index contributed by atoms with van der Waals surface area (Å²) in [6.07, 6.45) is 4.52. The molecule has 140 valence electrons. The standard InChI is InChI=1S/C23H20BrN3O/c1-3-15(2)16-8-10-19(11-9-16)27-22(17-12-18(24)14-25-13-17)26-21-7-5-4-6-20(21)23(27)28/h4-15H,3H2,1-2H3. The Morgan fingerprint density at radius 3 is 2.54 bits per heavy atom. The molecule has 4 rings (SSSR count). The summed E-state index contributed by atoms with van der Waals surface area (Å²) in [7, 11) is 0. The summed E-state index contributed by atoms with van der Waals surface area (Å²) in [5, 5.41) is 0.597. The van der Waals surface area contributed by atoms with Gasteiger partial charge in [-0.15, -0.1) is 0 Å². The zero-order valence-electron chi connectivity index (χ0n) is 15.8. The molecule has 0 saturated heterocycles. The molecule has 0 spiro atoms. The Balaban J connectivity index is 1.99. The molecule has 2 aromatic carbocycles. The summed E-state index contributed by atoms with van der Waals surface area (Å²) in [5.74, 6) is 1.06. The summed E-state index contributed by atoms with van der Waals surface area (Å²) in [6.45, 7) is 4.38. The molecule has 0 aliphatic heterocycles.